The van der Waals surface area contributed by atoms with Crippen LogP contribution in [0.5, 0.6) is 0 Å². The van der Waals surface area contributed by atoms with Crippen molar-refractivity contribution in [1.82, 2.24) is 10.2 Å². The molecule has 2 heterocycles. The molecule has 0 radical (unpaired) electrons. The quantitative estimate of drug-likeness (QED) is 0.628. The summed E-state index contributed by atoms with van der Waals surface area (Å²) in [5, 5.41) is 4.03. The predicted molar refractivity (Wildman–Crippen MR) is 112 cm³/mol. The Balaban J connectivity index is 1.59. The fourth-order valence-electron chi connectivity index (χ4n) is 3.51. The molecule has 27 heavy (non-hydrogen) atoms. The number of aliphatic imine (C=N–C) groups is 1. The Bertz CT molecular complexity index is 649. The third kappa shape index (κ3) is 5.29. The number of halogens is 1. The number of thioether (sulfide) groups is 1. The van der Waals surface area contributed by atoms with E-state index in [0.29, 0.717) is 36.6 Å². The number of guanidine groups is 1. The van der Waals surface area contributed by atoms with Gasteiger partial charge < -0.3 is 19.9 Å². The van der Waals surface area contributed by atoms with Crippen molar-refractivity contribution in [2.45, 2.75) is 25.6 Å². The SMILES string of the molecule is CN=C(NCc1ccc(N2CCOCC2)c(F)c1)N1CCSC(C(C)C)C1. The van der Waals surface area contributed by atoms with Crippen LogP contribution in [0.4, 0.5) is 10.1 Å². The van der Waals surface area contributed by atoms with Crippen molar-refractivity contribution in [3.8, 4) is 0 Å². The largest absolute Gasteiger partial charge is 0.378 e. The van der Waals surface area contributed by atoms with Crippen molar-refractivity contribution in [1.29, 1.82) is 0 Å². The summed E-state index contributed by atoms with van der Waals surface area (Å²) in [6.07, 6.45) is 0. The number of morpholine rings is 1. The fraction of sp³-hybridized carbons (Fsp3) is 0.650. The Morgan fingerprint density at radius 2 is 2.11 bits per heavy atom. The Morgan fingerprint density at radius 3 is 2.78 bits per heavy atom. The minimum Gasteiger partial charge on any atom is -0.378 e. The first-order valence-electron chi connectivity index (χ1n) is 9.77. The average Bonchev–Trinajstić information content (AvgIpc) is 2.69. The van der Waals surface area contributed by atoms with E-state index in [1.807, 2.05) is 35.8 Å². The molecule has 0 aromatic heterocycles. The smallest absolute Gasteiger partial charge is 0.193 e. The molecular weight excluding hydrogens is 363 g/mol. The van der Waals surface area contributed by atoms with E-state index < -0.39 is 0 Å². The van der Waals surface area contributed by atoms with Gasteiger partial charge in [0.2, 0.25) is 0 Å². The fourth-order valence-corrected chi connectivity index (χ4v) is 4.80. The van der Waals surface area contributed by atoms with Crippen molar-refractivity contribution in [2.75, 3.05) is 57.1 Å². The highest BCUT2D eigenvalue weighted by atomic mass is 32.2. The van der Waals surface area contributed by atoms with Gasteiger partial charge in [-0.15, -0.1) is 0 Å². The monoisotopic (exact) mass is 394 g/mol. The van der Waals surface area contributed by atoms with E-state index in [-0.39, 0.29) is 5.82 Å². The minimum absolute atomic E-state index is 0.166. The van der Waals surface area contributed by atoms with E-state index in [2.05, 4.69) is 29.1 Å². The van der Waals surface area contributed by atoms with E-state index in [1.165, 1.54) is 0 Å². The zero-order valence-electron chi connectivity index (χ0n) is 16.6. The van der Waals surface area contributed by atoms with E-state index in [9.17, 15) is 4.39 Å². The number of nitrogens with zero attached hydrogens (tertiary/aromatic N) is 3. The first-order valence-corrected chi connectivity index (χ1v) is 10.8. The lowest BCUT2D eigenvalue weighted by Gasteiger charge is -2.36. The van der Waals surface area contributed by atoms with Gasteiger partial charge in [-0.2, -0.15) is 11.8 Å². The number of nitrogens with one attached hydrogen (secondary N) is 1. The van der Waals surface area contributed by atoms with Gasteiger partial charge in [-0.25, -0.2) is 4.39 Å². The molecule has 2 aliphatic rings. The van der Waals surface area contributed by atoms with Crippen LogP contribution in [0.25, 0.3) is 0 Å². The molecule has 1 aromatic carbocycles. The van der Waals surface area contributed by atoms with E-state index in [1.54, 1.807) is 6.07 Å². The van der Waals surface area contributed by atoms with Crippen LogP contribution in [0.2, 0.25) is 0 Å². The first kappa shape index (κ1) is 20.3. The minimum atomic E-state index is -0.166. The molecule has 2 saturated heterocycles. The molecule has 1 atom stereocenters. The van der Waals surface area contributed by atoms with E-state index >= 15 is 0 Å². The van der Waals surface area contributed by atoms with Crippen molar-refractivity contribution >= 4 is 23.4 Å². The van der Waals surface area contributed by atoms with Gasteiger partial charge in [-0.3, -0.25) is 4.99 Å². The molecule has 2 fully saturated rings. The van der Waals surface area contributed by atoms with Crippen LogP contribution in [0.15, 0.2) is 23.2 Å². The van der Waals surface area contributed by atoms with Gasteiger partial charge in [0.15, 0.2) is 5.96 Å². The topological polar surface area (TPSA) is 40.1 Å². The first-order chi connectivity index (χ1) is 13.1. The third-order valence-electron chi connectivity index (χ3n) is 5.16. The van der Waals surface area contributed by atoms with Crippen LogP contribution in [-0.4, -0.2) is 68.3 Å². The molecule has 0 amide bonds. The van der Waals surface area contributed by atoms with Crippen molar-refractivity contribution in [3.05, 3.63) is 29.6 Å². The van der Waals surface area contributed by atoms with E-state index in [4.69, 9.17) is 4.74 Å². The molecule has 150 valence electrons. The summed E-state index contributed by atoms with van der Waals surface area (Å²) in [5.74, 6) is 2.50. The summed E-state index contributed by atoms with van der Waals surface area (Å²) < 4.78 is 19.9. The molecular formula is C20H31FN4OS. The van der Waals surface area contributed by atoms with Gasteiger partial charge in [0, 0.05) is 50.8 Å². The molecule has 1 N–H and O–H groups in total. The van der Waals surface area contributed by atoms with E-state index in [0.717, 1.165) is 43.5 Å². The van der Waals surface area contributed by atoms with Crippen LogP contribution >= 0.6 is 11.8 Å². The average molecular weight is 395 g/mol. The second-order valence-electron chi connectivity index (χ2n) is 7.39. The molecule has 3 rings (SSSR count). The lowest BCUT2D eigenvalue weighted by atomic mass is 10.1. The summed E-state index contributed by atoms with van der Waals surface area (Å²) in [4.78, 5) is 8.81. The third-order valence-corrected chi connectivity index (χ3v) is 6.70. The second kappa shape index (κ2) is 9.64. The highest BCUT2D eigenvalue weighted by molar-refractivity contribution is 8.00. The summed E-state index contributed by atoms with van der Waals surface area (Å²) in [7, 11) is 1.82. The van der Waals surface area contributed by atoms with Crippen LogP contribution in [-0.2, 0) is 11.3 Å². The molecule has 1 aromatic rings. The number of hydrogen-bond donors (Lipinski definition) is 1. The van der Waals surface area contributed by atoms with Crippen molar-refractivity contribution < 1.29 is 9.13 Å². The van der Waals surface area contributed by atoms with Gasteiger partial charge in [-0.05, 0) is 23.6 Å². The van der Waals surface area contributed by atoms with Crippen molar-refractivity contribution in [3.63, 3.8) is 0 Å². The van der Waals surface area contributed by atoms with Gasteiger partial charge in [0.1, 0.15) is 5.82 Å². The lowest BCUT2D eigenvalue weighted by molar-refractivity contribution is 0.122. The normalized spacial score (nSPS) is 21.7. The summed E-state index contributed by atoms with van der Waals surface area (Å²) in [6.45, 7) is 9.92. The van der Waals surface area contributed by atoms with Crippen LogP contribution in [0.1, 0.15) is 19.4 Å². The molecule has 1 unspecified atom stereocenters. The van der Waals surface area contributed by atoms with Gasteiger partial charge in [-0.1, -0.05) is 19.9 Å². The van der Waals surface area contributed by atoms with Gasteiger partial charge in [0.25, 0.3) is 0 Å². The van der Waals surface area contributed by atoms with Gasteiger partial charge >= 0.3 is 0 Å². The highest BCUT2D eigenvalue weighted by Crippen LogP contribution is 2.25. The zero-order chi connectivity index (χ0) is 19.2. The summed E-state index contributed by atoms with van der Waals surface area (Å²) in [6, 6.07) is 5.51. The number of anilines is 1. The summed E-state index contributed by atoms with van der Waals surface area (Å²) in [5.41, 5.74) is 1.59. The Labute approximate surface area is 166 Å². The number of hydrogen-bond acceptors (Lipinski definition) is 4. The molecule has 0 spiro atoms. The molecule has 5 nitrogen and oxygen atoms in total. The lowest BCUT2D eigenvalue weighted by Crippen LogP contribution is -2.48. The Hall–Kier alpha value is -1.47. The maximum atomic E-state index is 14.6. The highest BCUT2D eigenvalue weighted by Gasteiger charge is 2.24. The van der Waals surface area contributed by atoms with Crippen LogP contribution in [0.3, 0.4) is 0 Å². The molecule has 0 aliphatic carbocycles. The maximum Gasteiger partial charge on any atom is 0.193 e. The van der Waals surface area contributed by atoms with Gasteiger partial charge in [0.05, 0.1) is 18.9 Å². The number of ether oxygens (including phenoxy) is 1. The Kier molecular flexibility index (Phi) is 7.24. The molecule has 7 heteroatoms. The molecule has 0 saturated carbocycles. The molecule has 0 bridgehead atoms. The number of benzene rings is 1. The zero-order valence-corrected chi connectivity index (χ0v) is 17.4. The Morgan fingerprint density at radius 1 is 1.33 bits per heavy atom. The summed E-state index contributed by atoms with van der Waals surface area (Å²) >= 11 is 2.05. The van der Waals surface area contributed by atoms with Crippen LogP contribution < -0.4 is 10.2 Å². The van der Waals surface area contributed by atoms with Crippen LogP contribution in [0, 0.1) is 11.7 Å². The number of rotatable bonds is 4. The van der Waals surface area contributed by atoms with Crippen molar-refractivity contribution in [2.24, 2.45) is 10.9 Å². The predicted octanol–water partition coefficient (Wildman–Crippen LogP) is 2.81. The standard InChI is InChI=1S/C20H31FN4OS/c1-15(2)19-14-25(8-11-27-19)20(22-3)23-13-16-4-5-18(17(21)12-16)24-6-9-26-10-7-24/h4-5,12,15,19H,6-11,13-14H2,1-3H3,(H,22,23). The maximum absolute atomic E-state index is 14.6. The molecule has 2 aliphatic heterocycles. The second-order valence-corrected chi connectivity index (χ2v) is 8.73.